The molecule has 1 amide bonds. The van der Waals surface area contributed by atoms with Crippen molar-refractivity contribution in [3.05, 3.63) is 40.2 Å². The maximum absolute atomic E-state index is 13.8. The highest BCUT2D eigenvalue weighted by molar-refractivity contribution is 6.24. The van der Waals surface area contributed by atoms with Crippen LogP contribution in [0.25, 0.3) is 5.76 Å². The minimum atomic E-state index is -2.73. The number of hydrogen-bond donors (Lipinski definition) is 6. The quantitative estimate of drug-likeness (QED) is 0.301. The average Bonchev–Trinajstić information content (AvgIpc) is 2.69. The molecule has 0 aliphatic heterocycles. The first-order chi connectivity index (χ1) is 15.7. The molecule has 8 N–H and O–H groups in total. The van der Waals surface area contributed by atoms with Crippen LogP contribution in [0.3, 0.4) is 0 Å². The van der Waals surface area contributed by atoms with Crippen LogP contribution in [0.4, 0.5) is 5.69 Å². The summed E-state index contributed by atoms with van der Waals surface area (Å²) in [6.45, 7) is 0. The van der Waals surface area contributed by atoms with Gasteiger partial charge in [-0.25, -0.2) is 0 Å². The topological polar surface area (TPSA) is 191 Å². The number of amides is 1. The highest BCUT2D eigenvalue weighted by atomic mass is 16.3. The van der Waals surface area contributed by atoms with E-state index in [-0.39, 0.29) is 24.2 Å². The number of aliphatic hydroxyl groups is 3. The molecule has 0 radical (unpaired) electrons. The van der Waals surface area contributed by atoms with Crippen molar-refractivity contribution in [2.75, 3.05) is 33.1 Å². The van der Waals surface area contributed by atoms with Crippen molar-refractivity contribution in [2.24, 2.45) is 17.4 Å². The molecular weight excluding hydrogens is 444 g/mol. The number of carbonyl (C=O) groups excluding carboxylic acids is 3. The first-order valence-corrected chi connectivity index (χ1v) is 10.6. The van der Waals surface area contributed by atoms with Crippen LogP contribution in [0, 0.1) is 5.92 Å². The van der Waals surface area contributed by atoms with E-state index in [1.54, 1.807) is 31.1 Å². The maximum Gasteiger partial charge on any atom is 0.255 e. The molecule has 34 heavy (non-hydrogen) atoms. The van der Waals surface area contributed by atoms with E-state index < -0.39 is 63.2 Å². The first-order valence-electron chi connectivity index (χ1n) is 10.6. The second-order valence-corrected chi connectivity index (χ2v) is 9.69. The third kappa shape index (κ3) is 2.84. The molecule has 3 aliphatic carbocycles. The standard InChI is InChI=1S/C23H28N4O7/c1-26(2)11-6-5-9-7-22(25)8-10-15(27(3)4)18(30)13(21(24)33)19(31)23(10,34)20(32)14(22)17(29)12(9)16(11)28/h5-6,10,15,28-29,31,34H,7-8,25H2,1-4H3,(H2,24,33)/t10-,15-,22+,23+/m0/s1. The summed E-state index contributed by atoms with van der Waals surface area (Å²) >= 11 is 0. The molecule has 0 bridgehead atoms. The van der Waals surface area contributed by atoms with Crippen LogP contribution in [0.2, 0.25) is 0 Å². The number of carbonyl (C=O) groups is 3. The normalized spacial score (nSPS) is 30.8. The Morgan fingerprint density at radius 1 is 1.12 bits per heavy atom. The Labute approximate surface area is 195 Å². The zero-order valence-electron chi connectivity index (χ0n) is 19.3. The van der Waals surface area contributed by atoms with Crippen molar-refractivity contribution >= 4 is 28.9 Å². The van der Waals surface area contributed by atoms with Gasteiger partial charge in [0.05, 0.1) is 28.4 Å². The van der Waals surface area contributed by atoms with Crippen LogP contribution < -0.4 is 16.4 Å². The second-order valence-electron chi connectivity index (χ2n) is 9.69. The lowest BCUT2D eigenvalue weighted by molar-refractivity contribution is -0.154. The first kappa shape index (κ1) is 23.7. The fraction of sp³-hybridized carbons (Fsp3) is 0.435. The Balaban J connectivity index is 2.02. The highest BCUT2D eigenvalue weighted by Crippen LogP contribution is 2.54. The number of fused-ring (bicyclic) bond motifs is 3. The van der Waals surface area contributed by atoms with Gasteiger partial charge in [0.2, 0.25) is 5.78 Å². The molecule has 0 saturated heterocycles. The van der Waals surface area contributed by atoms with Gasteiger partial charge in [-0.1, -0.05) is 6.07 Å². The number of aliphatic hydroxyl groups excluding tert-OH is 2. The minimum Gasteiger partial charge on any atom is -0.508 e. The van der Waals surface area contributed by atoms with E-state index in [0.29, 0.717) is 11.3 Å². The van der Waals surface area contributed by atoms with Gasteiger partial charge in [0, 0.05) is 20.0 Å². The van der Waals surface area contributed by atoms with E-state index in [1.165, 1.54) is 19.0 Å². The van der Waals surface area contributed by atoms with Gasteiger partial charge >= 0.3 is 0 Å². The number of Topliss-reactive ketones (excluding diaryl/α,β-unsaturated/α-hetero) is 2. The Morgan fingerprint density at radius 3 is 2.26 bits per heavy atom. The van der Waals surface area contributed by atoms with Crippen molar-refractivity contribution in [1.29, 1.82) is 0 Å². The zero-order valence-corrected chi connectivity index (χ0v) is 19.3. The van der Waals surface area contributed by atoms with Gasteiger partial charge in [-0.2, -0.15) is 0 Å². The summed E-state index contributed by atoms with van der Waals surface area (Å²) < 4.78 is 0. The van der Waals surface area contributed by atoms with Gasteiger partial charge in [0.1, 0.15) is 22.8 Å². The SMILES string of the molecule is CN(C)c1ccc2c(c1O)C(O)=C1C(=O)[C@]3(O)C(O)=C(C(N)=O)C(=O)[C@@H](N(C)C)[C@@H]3C[C@]1(N)C2. The molecule has 1 aromatic rings. The molecule has 1 aromatic carbocycles. The molecule has 0 aromatic heterocycles. The van der Waals surface area contributed by atoms with E-state index in [2.05, 4.69) is 0 Å². The third-order valence-electron chi connectivity index (χ3n) is 7.19. The molecule has 4 atom stereocenters. The molecule has 1 saturated carbocycles. The number of phenolic OH excluding ortho intramolecular Hbond substituents is 1. The monoisotopic (exact) mass is 472 g/mol. The predicted molar refractivity (Wildman–Crippen MR) is 122 cm³/mol. The predicted octanol–water partition coefficient (Wildman–Crippen LogP) is -0.889. The fourth-order valence-electron chi connectivity index (χ4n) is 5.68. The van der Waals surface area contributed by atoms with E-state index in [9.17, 15) is 34.8 Å². The van der Waals surface area contributed by atoms with Gasteiger partial charge in [-0.05, 0) is 38.6 Å². The molecule has 0 unspecified atom stereocenters. The molecule has 3 aliphatic rings. The number of rotatable bonds is 3. The number of nitrogens with zero attached hydrogens (tertiary/aromatic N) is 2. The minimum absolute atomic E-state index is 0.00712. The van der Waals surface area contributed by atoms with Gasteiger partial charge in [0.15, 0.2) is 11.4 Å². The van der Waals surface area contributed by atoms with Gasteiger partial charge in [-0.3, -0.25) is 19.3 Å². The Hall–Kier alpha value is -3.41. The Kier molecular flexibility index (Phi) is 5.09. The molecular formula is C23H28N4O7. The molecule has 0 heterocycles. The molecule has 1 fully saturated rings. The summed E-state index contributed by atoms with van der Waals surface area (Å²) in [5, 5.41) is 44.5. The van der Waals surface area contributed by atoms with Crippen molar-refractivity contribution in [3.8, 4) is 5.75 Å². The average molecular weight is 472 g/mol. The zero-order chi connectivity index (χ0) is 25.5. The lowest BCUT2D eigenvalue weighted by Gasteiger charge is -2.53. The van der Waals surface area contributed by atoms with Crippen molar-refractivity contribution in [3.63, 3.8) is 0 Å². The van der Waals surface area contributed by atoms with E-state index in [0.717, 1.165) is 0 Å². The summed E-state index contributed by atoms with van der Waals surface area (Å²) in [5.41, 5.74) is 7.30. The lowest BCUT2D eigenvalue weighted by Crippen LogP contribution is -2.70. The number of aromatic hydroxyl groups is 1. The van der Waals surface area contributed by atoms with Gasteiger partial charge in [-0.15, -0.1) is 0 Å². The summed E-state index contributed by atoms with van der Waals surface area (Å²) in [6.07, 6.45) is -0.169. The van der Waals surface area contributed by atoms with Crippen molar-refractivity contribution in [1.82, 2.24) is 4.90 Å². The van der Waals surface area contributed by atoms with E-state index in [4.69, 9.17) is 11.5 Å². The van der Waals surface area contributed by atoms with Crippen LogP contribution in [-0.2, 0) is 20.8 Å². The summed E-state index contributed by atoms with van der Waals surface area (Å²) in [4.78, 5) is 41.9. The highest BCUT2D eigenvalue weighted by Gasteiger charge is 2.67. The van der Waals surface area contributed by atoms with Crippen molar-refractivity contribution in [2.45, 2.75) is 30.0 Å². The number of anilines is 1. The molecule has 182 valence electrons. The van der Waals surface area contributed by atoms with Gasteiger partial charge < -0.3 is 36.8 Å². The van der Waals surface area contributed by atoms with Crippen LogP contribution in [0.1, 0.15) is 17.5 Å². The largest absolute Gasteiger partial charge is 0.508 e. The number of hydrogen-bond acceptors (Lipinski definition) is 10. The summed E-state index contributed by atoms with van der Waals surface area (Å²) in [7, 11) is 6.43. The van der Waals surface area contributed by atoms with Crippen LogP contribution in [-0.4, -0.2) is 88.2 Å². The van der Waals surface area contributed by atoms with Crippen LogP contribution in [0.5, 0.6) is 5.75 Å². The molecule has 11 heteroatoms. The van der Waals surface area contributed by atoms with Gasteiger partial charge in [0.25, 0.3) is 5.91 Å². The molecule has 0 spiro atoms. The molecule has 4 rings (SSSR count). The third-order valence-corrected chi connectivity index (χ3v) is 7.19. The van der Waals surface area contributed by atoms with Crippen molar-refractivity contribution < 1.29 is 34.8 Å². The van der Waals surface area contributed by atoms with E-state index in [1.807, 2.05) is 0 Å². The number of ketones is 2. The maximum atomic E-state index is 13.8. The second kappa shape index (κ2) is 7.29. The lowest BCUT2D eigenvalue weighted by atomic mass is 9.55. The number of likely N-dealkylation sites (N-methyl/N-ethyl adjacent to an activating group) is 1. The Morgan fingerprint density at radius 2 is 1.74 bits per heavy atom. The number of benzene rings is 1. The number of primary amides is 1. The molecule has 11 nitrogen and oxygen atoms in total. The number of phenols is 1. The van der Waals surface area contributed by atoms with Crippen LogP contribution in [0.15, 0.2) is 29.0 Å². The van der Waals surface area contributed by atoms with E-state index >= 15 is 0 Å². The fourth-order valence-corrected chi connectivity index (χ4v) is 5.68. The van der Waals surface area contributed by atoms with Crippen LogP contribution >= 0.6 is 0 Å². The smallest absolute Gasteiger partial charge is 0.255 e. The number of nitrogens with two attached hydrogens (primary N) is 2. The Bertz CT molecular complexity index is 1220. The summed E-state index contributed by atoms with van der Waals surface area (Å²) in [5.74, 6) is -6.57. The summed E-state index contributed by atoms with van der Waals surface area (Å²) in [6, 6.07) is 2.13.